The van der Waals surface area contributed by atoms with E-state index in [4.69, 9.17) is 10.5 Å². The van der Waals surface area contributed by atoms with Crippen molar-refractivity contribution < 1.29 is 9.84 Å². The van der Waals surface area contributed by atoms with Gasteiger partial charge in [0.05, 0.1) is 6.10 Å². The van der Waals surface area contributed by atoms with Gasteiger partial charge in [-0.15, -0.1) is 0 Å². The van der Waals surface area contributed by atoms with Gasteiger partial charge in [-0.2, -0.15) is 0 Å². The number of nitrogens with one attached hydrogen (secondary N) is 1. The number of rotatable bonds is 5. The van der Waals surface area contributed by atoms with E-state index >= 15 is 0 Å². The Labute approximate surface area is 113 Å². The zero-order chi connectivity index (χ0) is 13.7. The highest BCUT2D eigenvalue weighted by atomic mass is 16.5. The molecule has 1 saturated carbocycles. The molecule has 6 heteroatoms. The van der Waals surface area contributed by atoms with Crippen LogP contribution in [0.5, 0.6) is 0 Å². The molecule has 106 valence electrons. The molecule has 4 N–H and O–H groups in total. The third-order valence-electron chi connectivity index (χ3n) is 3.45. The molecular weight excluding hydrogens is 244 g/mol. The van der Waals surface area contributed by atoms with Crippen LogP contribution in [-0.4, -0.2) is 34.8 Å². The fourth-order valence-electron chi connectivity index (χ4n) is 2.40. The molecule has 0 bridgehead atoms. The average molecular weight is 266 g/mol. The molecule has 0 saturated heterocycles. The van der Waals surface area contributed by atoms with Gasteiger partial charge in [0.1, 0.15) is 18.2 Å². The summed E-state index contributed by atoms with van der Waals surface area (Å²) in [6.07, 6.45) is 3.79. The molecule has 1 aliphatic rings. The second-order valence-electron chi connectivity index (χ2n) is 5.08. The Morgan fingerprint density at radius 2 is 2.11 bits per heavy atom. The predicted molar refractivity (Wildman–Crippen MR) is 73.6 cm³/mol. The van der Waals surface area contributed by atoms with Gasteiger partial charge in [0.25, 0.3) is 0 Å². The molecule has 1 aromatic rings. The van der Waals surface area contributed by atoms with Crippen molar-refractivity contribution in [1.29, 1.82) is 0 Å². The second-order valence-corrected chi connectivity index (χ2v) is 5.08. The maximum atomic E-state index is 9.47. The van der Waals surface area contributed by atoms with Crippen LogP contribution in [0.15, 0.2) is 6.07 Å². The van der Waals surface area contributed by atoms with Gasteiger partial charge in [-0.3, -0.25) is 0 Å². The van der Waals surface area contributed by atoms with Crippen molar-refractivity contribution in [2.24, 2.45) is 5.92 Å². The van der Waals surface area contributed by atoms with E-state index in [2.05, 4.69) is 15.3 Å². The lowest BCUT2D eigenvalue weighted by Crippen LogP contribution is -2.24. The van der Waals surface area contributed by atoms with E-state index in [0.29, 0.717) is 24.2 Å². The first kappa shape index (κ1) is 14.0. The number of aliphatic hydroxyl groups is 1. The van der Waals surface area contributed by atoms with E-state index in [1.165, 1.54) is 0 Å². The normalized spacial score (nSPS) is 23.3. The summed E-state index contributed by atoms with van der Waals surface area (Å²) in [5, 5.41) is 12.8. The Balaban J connectivity index is 1.88. The van der Waals surface area contributed by atoms with Crippen molar-refractivity contribution in [2.45, 2.75) is 38.4 Å². The summed E-state index contributed by atoms with van der Waals surface area (Å²) >= 11 is 0. The van der Waals surface area contributed by atoms with E-state index < -0.39 is 0 Å². The van der Waals surface area contributed by atoms with Crippen LogP contribution in [0.2, 0.25) is 0 Å². The molecule has 6 nitrogen and oxygen atoms in total. The van der Waals surface area contributed by atoms with Gasteiger partial charge in [0.15, 0.2) is 5.82 Å². The Morgan fingerprint density at radius 1 is 1.37 bits per heavy atom. The number of ether oxygens (including phenoxy) is 1. The number of hydrogen-bond acceptors (Lipinski definition) is 6. The molecule has 0 atom stereocenters. The Hall–Kier alpha value is -1.40. The summed E-state index contributed by atoms with van der Waals surface area (Å²) in [5.74, 6) is 2.36. The fourth-order valence-corrected chi connectivity index (χ4v) is 2.40. The van der Waals surface area contributed by atoms with Crippen LogP contribution in [0.4, 0.5) is 11.6 Å². The smallest absolute Gasteiger partial charge is 0.158 e. The Morgan fingerprint density at radius 3 is 2.79 bits per heavy atom. The number of nitrogen functional groups attached to an aromatic ring is 1. The quantitative estimate of drug-likeness (QED) is 0.740. The van der Waals surface area contributed by atoms with Crippen molar-refractivity contribution >= 4 is 11.6 Å². The highest BCUT2D eigenvalue weighted by Gasteiger charge is 2.19. The topological polar surface area (TPSA) is 93.3 Å². The maximum absolute atomic E-state index is 9.47. The zero-order valence-electron chi connectivity index (χ0n) is 11.3. The highest BCUT2D eigenvalue weighted by molar-refractivity contribution is 5.44. The monoisotopic (exact) mass is 266 g/mol. The SMILES string of the molecule is COCc1nc(N)cc(NCC2CCC(O)CC2)n1. The molecule has 2 rings (SSSR count). The van der Waals surface area contributed by atoms with Gasteiger partial charge in [0.2, 0.25) is 0 Å². The first-order valence-electron chi connectivity index (χ1n) is 6.71. The summed E-state index contributed by atoms with van der Waals surface area (Å²) in [6.45, 7) is 1.21. The molecule has 0 unspecified atom stereocenters. The summed E-state index contributed by atoms with van der Waals surface area (Å²) in [6, 6.07) is 1.73. The molecule has 0 aliphatic heterocycles. The lowest BCUT2D eigenvalue weighted by molar-refractivity contribution is 0.111. The van der Waals surface area contributed by atoms with Crippen molar-refractivity contribution in [3.05, 3.63) is 11.9 Å². The minimum atomic E-state index is -0.112. The summed E-state index contributed by atoms with van der Waals surface area (Å²) < 4.78 is 5.01. The average Bonchev–Trinajstić information content (AvgIpc) is 2.38. The number of methoxy groups -OCH3 is 1. The number of aromatic nitrogens is 2. The van der Waals surface area contributed by atoms with Crippen LogP contribution in [0.3, 0.4) is 0 Å². The van der Waals surface area contributed by atoms with E-state index in [1.54, 1.807) is 13.2 Å². The van der Waals surface area contributed by atoms with Crippen molar-refractivity contribution in [1.82, 2.24) is 9.97 Å². The molecular formula is C13H22N4O2. The summed E-state index contributed by atoms with van der Waals surface area (Å²) in [5.41, 5.74) is 5.74. The first-order valence-corrected chi connectivity index (χ1v) is 6.71. The van der Waals surface area contributed by atoms with E-state index in [9.17, 15) is 5.11 Å². The van der Waals surface area contributed by atoms with Crippen LogP contribution >= 0.6 is 0 Å². The van der Waals surface area contributed by atoms with Gasteiger partial charge in [0, 0.05) is 19.7 Å². The van der Waals surface area contributed by atoms with Gasteiger partial charge in [-0.05, 0) is 31.6 Å². The summed E-state index contributed by atoms with van der Waals surface area (Å²) in [7, 11) is 1.60. The van der Waals surface area contributed by atoms with Crippen LogP contribution < -0.4 is 11.1 Å². The van der Waals surface area contributed by atoms with E-state index in [1.807, 2.05) is 0 Å². The number of hydrogen-bond donors (Lipinski definition) is 3. The molecule has 0 amide bonds. The number of nitrogens with zero attached hydrogens (tertiary/aromatic N) is 2. The third-order valence-corrected chi connectivity index (χ3v) is 3.45. The minimum Gasteiger partial charge on any atom is -0.393 e. The van der Waals surface area contributed by atoms with Crippen molar-refractivity contribution in [3.8, 4) is 0 Å². The van der Waals surface area contributed by atoms with Gasteiger partial charge in [-0.1, -0.05) is 0 Å². The fraction of sp³-hybridized carbons (Fsp3) is 0.692. The lowest BCUT2D eigenvalue weighted by atomic mass is 9.87. The van der Waals surface area contributed by atoms with Crippen LogP contribution in [0, 0.1) is 5.92 Å². The van der Waals surface area contributed by atoms with Crippen LogP contribution in [0.25, 0.3) is 0 Å². The molecule has 0 aromatic carbocycles. The Bertz CT molecular complexity index is 406. The van der Waals surface area contributed by atoms with E-state index in [0.717, 1.165) is 38.0 Å². The zero-order valence-corrected chi connectivity index (χ0v) is 11.3. The molecule has 0 spiro atoms. The highest BCUT2D eigenvalue weighted by Crippen LogP contribution is 2.24. The molecule has 0 radical (unpaired) electrons. The van der Waals surface area contributed by atoms with Crippen LogP contribution in [-0.2, 0) is 11.3 Å². The maximum Gasteiger partial charge on any atom is 0.158 e. The minimum absolute atomic E-state index is 0.112. The molecule has 1 heterocycles. The predicted octanol–water partition coefficient (Wildman–Crippen LogP) is 1.17. The third kappa shape index (κ3) is 4.33. The number of aliphatic hydroxyl groups excluding tert-OH is 1. The second kappa shape index (κ2) is 6.68. The molecule has 1 aromatic heterocycles. The molecule has 1 fully saturated rings. The summed E-state index contributed by atoms with van der Waals surface area (Å²) in [4.78, 5) is 8.44. The standard InChI is InChI=1S/C13H22N4O2/c1-19-8-13-16-11(14)6-12(17-13)15-7-9-2-4-10(18)5-3-9/h6,9-10,18H,2-5,7-8H2,1H3,(H3,14,15,16,17). The van der Waals surface area contributed by atoms with E-state index in [-0.39, 0.29) is 6.10 Å². The van der Waals surface area contributed by atoms with Crippen molar-refractivity contribution in [3.63, 3.8) is 0 Å². The number of nitrogens with two attached hydrogens (primary N) is 1. The largest absolute Gasteiger partial charge is 0.393 e. The lowest BCUT2D eigenvalue weighted by Gasteiger charge is -2.25. The molecule has 19 heavy (non-hydrogen) atoms. The Kier molecular flexibility index (Phi) is 4.93. The van der Waals surface area contributed by atoms with Crippen molar-refractivity contribution in [2.75, 3.05) is 24.7 Å². The van der Waals surface area contributed by atoms with Crippen LogP contribution in [0.1, 0.15) is 31.5 Å². The van der Waals surface area contributed by atoms with Gasteiger partial charge < -0.3 is 20.9 Å². The molecule has 1 aliphatic carbocycles. The van der Waals surface area contributed by atoms with Gasteiger partial charge in [-0.25, -0.2) is 9.97 Å². The first-order chi connectivity index (χ1) is 9.17. The number of anilines is 2. The van der Waals surface area contributed by atoms with Gasteiger partial charge >= 0.3 is 0 Å².